The third-order valence-electron chi connectivity index (χ3n) is 4.86. The summed E-state index contributed by atoms with van der Waals surface area (Å²) in [6.07, 6.45) is 0. The fourth-order valence-corrected chi connectivity index (χ4v) is 3.38. The van der Waals surface area contributed by atoms with E-state index in [1.165, 1.54) is 38.4 Å². The summed E-state index contributed by atoms with van der Waals surface area (Å²) >= 11 is 0. The highest BCUT2D eigenvalue weighted by Crippen LogP contribution is 2.51. The maximum Gasteiger partial charge on any atom is 0.355 e. The lowest BCUT2D eigenvalue weighted by Crippen LogP contribution is -2.39. The van der Waals surface area contributed by atoms with E-state index in [-0.39, 0.29) is 47.4 Å². The average Bonchev–Trinajstić information content (AvgIpc) is 2.84. The number of ether oxygens (including phenoxy) is 6. The van der Waals surface area contributed by atoms with Crippen LogP contribution in [0.25, 0.3) is 0 Å². The molecule has 0 fully saturated rings. The molecule has 0 amide bonds. The molecule has 32 heavy (non-hydrogen) atoms. The molecule has 0 N–H and O–H groups in total. The molecule has 2 aliphatic rings. The van der Waals surface area contributed by atoms with E-state index in [4.69, 9.17) is 28.4 Å². The molecule has 2 heterocycles. The number of fused-ring (bicyclic) bond motifs is 2. The van der Waals surface area contributed by atoms with Gasteiger partial charge in [0.1, 0.15) is 12.4 Å². The third kappa shape index (κ3) is 3.60. The first-order chi connectivity index (χ1) is 15.5. The predicted molar refractivity (Wildman–Crippen MR) is 109 cm³/mol. The van der Waals surface area contributed by atoms with Crippen LogP contribution >= 0.6 is 0 Å². The summed E-state index contributed by atoms with van der Waals surface area (Å²) < 4.78 is 32.1. The van der Waals surface area contributed by atoms with Gasteiger partial charge in [-0.1, -0.05) is 12.1 Å². The Balaban J connectivity index is 1.93. The minimum Gasteiger partial charge on any atom is -0.466 e. The number of anilines is 1. The molecule has 2 aliphatic heterocycles. The molecule has 0 radical (unpaired) electrons. The van der Waals surface area contributed by atoms with Crippen molar-refractivity contribution in [3.63, 3.8) is 0 Å². The Morgan fingerprint density at radius 2 is 1.50 bits per heavy atom. The zero-order valence-corrected chi connectivity index (χ0v) is 17.5. The molecule has 2 aromatic rings. The number of nitrogens with zero attached hydrogens (tertiary/aromatic N) is 1. The van der Waals surface area contributed by atoms with Crippen molar-refractivity contribution in [1.82, 2.24) is 0 Å². The molecule has 166 valence electrons. The number of para-hydroxylation sites is 2. The number of rotatable bonds is 4. The molecule has 2 aromatic carbocycles. The van der Waals surface area contributed by atoms with Gasteiger partial charge in [0.05, 0.1) is 44.8 Å². The number of esters is 3. The largest absolute Gasteiger partial charge is 0.466 e. The predicted octanol–water partition coefficient (Wildman–Crippen LogP) is 2.77. The number of methoxy groups -OCH3 is 3. The van der Waals surface area contributed by atoms with E-state index in [0.717, 1.165) is 0 Å². The van der Waals surface area contributed by atoms with Crippen LogP contribution in [0.5, 0.6) is 23.0 Å². The molecule has 0 saturated heterocycles. The van der Waals surface area contributed by atoms with Crippen molar-refractivity contribution in [2.75, 3.05) is 39.6 Å². The van der Waals surface area contributed by atoms with Crippen LogP contribution in [0.2, 0.25) is 0 Å². The highest BCUT2D eigenvalue weighted by Gasteiger charge is 2.36. The van der Waals surface area contributed by atoms with Gasteiger partial charge in [-0.15, -0.1) is 0 Å². The number of hydrogen-bond donors (Lipinski definition) is 0. The molecule has 4 rings (SSSR count). The number of carbonyl (C=O) groups is 3. The summed E-state index contributed by atoms with van der Waals surface area (Å²) in [5, 5.41) is 0. The van der Waals surface area contributed by atoms with Crippen LogP contribution in [0.3, 0.4) is 0 Å². The summed E-state index contributed by atoms with van der Waals surface area (Å²) in [7, 11) is 3.62. The van der Waals surface area contributed by atoms with Crippen LogP contribution in [0.15, 0.2) is 47.7 Å². The van der Waals surface area contributed by atoms with Gasteiger partial charge in [0, 0.05) is 0 Å². The lowest BCUT2D eigenvalue weighted by molar-refractivity contribution is -0.140. The smallest absolute Gasteiger partial charge is 0.355 e. The first-order valence-corrected chi connectivity index (χ1v) is 9.44. The monoisotopic (exact) mass is 441 g/mol. The maximum absolute atomic E-state index is 12.7. The van der Waals surface area contributed by atoms with E-state index >= 15 is 0 Å². The van der Waals surface area contributed by atoms with E-state index in [1.54, 1.807) is 24.3 Å². The molecule has 0 bridgehead atoms. The molecular weight excluding hydrogens is 422 g/mol. The quantitative estimate of drug-likeness (QED) is 0.443. The Morgan fingerprint density at radius 1 is 0.844 bits per heavy atom. The SMILES string of the molecule is COC(=O)C1=C(C(=O)OC)N(c2cc(C(=O)OC)cc3c2Oc2ccccc2O3)COC1. The van der Waals surface area contributed by atoms with Gasteiger partial charge in [-0.3, -0.25) is 0 Å². The molecule has 0 aliphatic carbocycles. The van der Waals surface area contributed by atoms with Gasteiger partial charge in [-0.05, 0) is 24.3 Å². The summed E-state index contributed by atoms with van der Waals surface area (Å²) in [5.41, 5.74) is 0.231. The van der Waals surface area contributed by atoms with E-state index in [1.807, 2.05) is 0 Å². The lowest BCUT2D eigenvalue weighted by Gasteiger charge is -2.33. The highest BCUT2D eigenvalue weighted by atomic mass is 16.6. The summed E-state index contributed by atoms with van der Waals surface area (Å²) in [5.74, 6) is -0.864. The fourth-order valence-electron chi connectivity index (χ4n) is 3.38. The Labute approximate surface area is 182 Å². The molecule has 10 nitrogen and oxygen atoms in total. The Morgan fingerprint density at radius 3 is 2.16 bits per heavy atom. The van der Waals surface area contributed by atoms with Crippen molar-refractivity contribution in [3.05, 3.63) is 53.2 Å². The van der Waals surface area contributed by atoms with Crippen molar-refractivity contribution in [3.8, 4) is 23.0 Å². The minimum absolute atomic E-state index is 0.0417. The van der Waals surface area contributed by atoms with Crippen molar-refractivity contribution < 1.29 is 42.8 Å². The van der Waals surface area contributed by atoms with E-state index in [0.29, 0.717) is 11.5 Å². The van der Waals surface area contributed by atoms with Crippen molar-refractivity contribution >= 4 is 23.6 Å². The van der Waals surface area contributed by atoms with E-state index in [9.17, 15) is 14.4 Å². The minimum atomic E-state index is -0.789. The first kappa shape index (κ1) is 21.2. The number of hydrogen-bond acceptors (Lipinski definition) is 10. The Bertz CT molecular complexity index is 1140. The van der Waals surface area contributed by atoms with Crippen LogP contribution in [0.4, 0.5) is 5.69 Å². The van der Waals surface area contributed by atoms with E-state index < -0.39 is 17.9 Å². The number of carbonyl (C=O) groups excluding carboxylic acids is 3. The normalized spacial score (nSPS) is 14.4. The second kappa shape index (κ2) is 8.60. The molecule has 0 spiro atoms. The molecule has 0 atom stereocenters. The second-order valence-electron chi connectivity index (χ2n) is 6.68. The van der Waals surface area contributed by atoms with Gasteiger partial charge in [0.2, 0.25) is 0 Å². The summed E-state index contributed by atoms with van der Waals surface area (Å²) in [4.78, 5) is 38.7. The van der Waals surface area contributed by atoms with Crippen molar-refractivity contribution in [1.29, 1.82) is 0 Å². The second-order valence-corrected chi connectivity index (χ2v) is 6.68. The van der Waals surface area contributed by atoms with Crippen molar-refractivity contribution in [2.24, 2.45) is 0 Å². The first-order valence-electron chi connectivity index (χ1n) is 9.44. The topological polar surface area (TPSA) is 110 Å². The standard InChI is InChI=1S/C22H19NO9/c1-27-20(24)12-8-14(19-17(9-12)31-15-6-4-5-7-16(15)32-19)23-11-30-10-13(21(25)28-2)18(23)22(26)29-3/h4-9H,10-11H2,1-3H3. The average molecular weight is 441 g/mol. The lowest BCUT2D eigenvalue weighted by atomic mass is 10.1. The van der Waals surface area contributed by atoms with Gasteiger partial charge in [-0.2, -0.15) is 0 Å². The Hall–Kier alpha value is -4.05. The van der Waals surface area contributed by atoms with Crippen LogP contribution in [0, 0.1) is 0 Å². The van der Waals surface area contributed by atoms with Gasteiger partial charge >= 0.3 is 17.9 Å². The molecule has 0 saturated carbocycles. The molecule has 0 unspecified atom stereocenters. The molecule has 10 heteroatoms. The van der Waals surface area contributed by atoms with Crippen molar-refractivity contribution in [2.45, 2.75) is 0 Å². The third-order valence-corrected chi connectivity index (χ3v) is 4.86. The Kier molecular flexibility index (Phi) is 5.69. The summed E-state index contributed by atoms with van der Waals surface area (Å²) in [6, 6.07) is 9.89. The van der Waals surface area contributed by atoms with Gasteiger partial charge in [-0.25, -0.2) is 14.4 Å². The number of benzene rings is 2. The zero-order valence-electron chi connectivity index (χ0n) is 17.5. The van der Waals surface area contributed by atoms with Gasteiger partial charge < -0.3 is 33.3 Å². The van der Waals surface area contributed by atoms with Crippen LogP contribution in [0.1, 0.15) is 10.4 Å². The van der Waals surface area contributed by atoms with E-state index in [2.05, 4.69) is 0 Å². The van der Waals surface area contributed by atoms with Gasteiger partial charge in [0.25, 0.3) is 0 Å². The van der Waals surface area contributed by atoms with Crippen LogP contribution in [-0.2, 0) is 28.5 Å². The van der Waals surface area contributed by atoms with Gasteiger partial charge in [0.15, 0.2) is 23.0 Å². The highest BCUT2D eigenvalue weighted by molar-refractivity contribution is 6.04. The molecule has 0 aromatic heterocycles. The fraction of sp³-hybridized carbons (Fsp3) is 0.227. The maximum atomic E-state index is 12.7. The molecular formula is C22H19NO9. The van der Waals surface area contributed by atoms with Crippen LogP contribution in [-0.4, -0.2) is 52.6 Å². The van der Waals surface area contributed by atoms with Crippen LogP contribution < -0.4 is 14.4 Å². The zero-order chi connectivity index (χ0) is 22.8. The summed E-state index contributed by atoms with van der Waals surface area (Å²) in [6.45, 7) is -0.292.